The lowest BCUT2D eigenvalue weighted by Crippen LogP contribution is -2.47. The van der Waals surface area contributed by atoms with Crippen LogP contribution in [0, 0.1) is 0 Å². The fraction of sp³-hybridized carbons (Fsp3) is 0.588. The maximum absolute atomic E-state index is 13.1. The van der Waals surface area contributed by atoms with Crippen LogP contribution in [0.1, 0.15) is 44.9 Å². The van der Waals surface area contributed by atoms with Gasteiger partial charge in [-0.15, -0.1) is 0 Å². The fourth-order valence-electron chi connectivity index (χ4n) is 3.16. The van der Waals surface area contributed by atoms with Gasteiger partial charge in [0.2, 0.25) is 15.9 Å². The summed E-state index contributed by atoms with van der Waals surface area (Å²) >= 11 is 3.33. The number of benzene rings is 1. The molecule has 0 aliphatic heterocycles. The van der Waals surface area contributed by atoms with Crippen LogP contribution in [0.4, 0.5) is 0 Å². The minimum atomic E-state index is -3.68. The first-order valence-corrected chi connectivity index (χ1v) is 10.8. The van der Waals surface area contributed by atoms with E-state index in [2.05, 4.69) is 21.2 Å². The first-order chi connectivity index (χ1) is 11.5. The second kappa shape index (κ2) is 7.54. The van der Waals surface area contributed by atoms with E-state index in [0.717, 1.165) is 49.4 Å². The van der Waals surface area contributed by atoms with Crippen LogP contribution in [-0.4, -0.2) is 37.3 Å². The van der Waals surface area contributed by atoms with Crippen LogP contribution in [0.2, 0.25) is 0 Å². The third kappa shape index (κ3) is 4.37. The summed E-state index contributed by atoms with van der Waals surface area (Å²) in [7, 11) is -3.68. The largest absolute Gasteiger partial charge is 0.352 e. The van der Waals surface area contributed by atoms with Crippen molar-refractivity contribution in [3.63, 3.8) is 0 Å². The van der Waals surface area contributed by atoms with E-state index in [1.165, 1.54) is 4.31 Å². The normalized spacial score (nSPS) is 19.4. The molecule has 1 aromatic rings. The molecule has 0 saturated heterocycles. The van der Waals surface area contributed by atoms with E-state index in [1.807, 2.05) is 0 Å². The molecule has 0 bridgehead atoms. The predicted octanol–water partition coefficient (Wildman–Crippen LogP) is 3.05. The lowest BCUT2D eigenvalue weighted by atomic mass is 9.95. The highest BCUT2D eigenvalue weighted by atomic mass is 79.9. The fourth-order valence-corrected chi connectivity index (χ4v) is 5.07. The third-order valence-corrected chi connectivity index (χ3v) is 7.09. The predicted molar refractivity (Wildman–Crippen MR) is 96.1 cm³/mol. The summed E-state index contributed by atoms with van der Waals surface area (Å²) in [6, 6.07) is 6.77. The average Bonchev–Trinajstić information content (AvgIpc) is 3.37. The van der Waals surface area contributed by atoms with Gasteiger partial charge < -0.3 is 5.32 Å². The lowest BCUT2D eigenvalue weighted by molar-refractivity contribution is -0.121. The van der Waals surface area contributed by atoms with Gasteiger partial charge in [0.1, 0.15) is 0 Å². The molecule has 0 heterocycles. The van der Waals surface area contributed by atoms with Crippen molar-refractivity contribution in [2.24, 2.45) is 0 Å². The number of sulfonamides is 1. The van der Waals surface area contributed by atoms with Crippen molar-refractivity contribution in [2.75, 3.05) is 6.54 Å². The number of carbonyl (C=O) groups excluding carboxylic acids is 1. The number of halogens is 1. The first kappa shape index (κ1) is 17.9. The summed E-state index contributed by atoms with van der Waals surface area (Å²) in [4.78, 5) is 12.5. The van der Waals surface area contributed by atoms with Crippen molar-refractivity contribution in [1.82, 2.24) is 9.62 Å². The summed E-state index contributed by atoms with van der Waals surface area (Å²) in [5.74, 6) is -0.191. The SMILES string of the molecule is O=C(CN(C1CCCCC1)S(=O)(=O)c1ccc(Br)cc1)NC1CC1. The van der Waals surface area contributed by atoms with Gasteiger partial charge in [0.25, 0.3) is 0 Å². The molecular formula is C17H23BrN2O3S. The van der Waals surface area contributed by atoms with Crippen LogP contribution in [0.25, 0.3) is 0 Å². The van der Waals surface area contributed by atoms with E-state index >= 15 is 0 Å². The topological polar surface area (TPSA) is 66.5 Å². The van der Waals surface area contributed by atoms with Crippen LogP contribution < -0.4 is 5.32 Å². The maximum Gasteiger partial charge on any atom is 0.243 e. The van der Waals surface area contributed by atoms with Gasteiger partial charge in [0.05, 0.1) is 11.4 Å². The maximum atomic E-state index is 13.1. The Morgan fingerprint density at radius 2 is 1.71 bits per heavy atom. The monoisotopic (exact) mass is 414 g/mol. The molecule has 2 saturated carbocycles. The number of nitrogens with zero attached hydrogens (tertiary/aromatic N) is 1. The molecule has 0 atom stereocenters. The van der Waals surface area contributed by atoms with E-state index < -0.39 is 10.0 Å². The van der Waals surface area contributed by atoms with Crippen molar-refractivity contribution >= 4 is 31.9 Å². The van der Waals surface area contributed by atoms with Crippen LogP contribution >= 0.6 is 15.9 Å². The molecule has 24 heavy (non-hydrogen) atoms. The molecule has 1 N–H and O–H groups in total. The summed E-state index contributed by atoms with van der Waals surface area (Å²) < 4.78 is 28.5. The number of rotatable bonds is 6. The zero-order chi connectivity index (χ0) is 17.2. The Morgan fingerprint density at radius 1 is 1.08 bits per heavy atom. The number of carbonyl (C=O) groups is 1. The van der Waals surface area contributed by atoms with Gasteiger partial charge in [0.15, 0.2) is 0 Å². The van der Waals surface area contributed by atoms with Crippen molar-refractivity contribution in [3.8, 4) is 0 Å². The summed E-state index contributed by atoms with van der Waals surface area (Å²) in [6.07, 6.45) is 6.81. The van der Waals surface area contributed by atoms with E-state index in [0.29, 0.717) is 0 Å². The number of nitrogens with one attached hydrogen (secondary N) is 1. The van der Waals surface area contributed by atoms with Gasteiger partial charge in [-0.1, -0.05) is 35.2 Å². The summed E-state index contributed by atoms with van der Waals surface area (Å²) in [5.41, 5.74) is 0. The molecule has 132 valence electrons. The molecule has 1 aromatic carbocycles. The second-order valence-electron chi connectivity index (χ2n) is 6.64. The summed E-state index contributed by atoms with van der Waals surface area (Å²) in [6.45, 7) is -0.0838. The smallest absolute Gasteiger partial charge is 0.243 e. The molecule has 7 heteroatoms. The van der Waals surface area contributed by atoms with E-state index in [1.54, 1.807) is 24.3 Å². The van der Waals surface area contributed by atoms with Crippen LogP contribution in [0.15, 0.2) is 33.6 Å². The minimum Gasteiger partial charge on any atom is -0.352 e. The van der Waals surface area contributed by atoms with Gasteiger partial charge >= 0.3 is 0 Å². The molecule has 2 aliphatic carbocycles. The lowest BCUT2D eigenvalue weighted by Gasteiger charge is -2.33. The Labute approximate surface area is 152 Å². The van der Waals surface area contributed by atoms with Crippen molar-refractivity contribution < 1.29 is 13.2 Å². The molecule has 0 aromatic heterocycles. The average molecular weight is 415 g/mol. The Kier molecular flexibility index (Phi) is 5.62. The Bertz CT molecular complexity index is 680. The van der Waals surface area contributed by atoms with Crippen molar-refractivity contribution in [1.29, 1.82) is 0 Å². The van der Waals surface area contributed by atoms with Crippen LogP contribution in [0.3, 0.4) is 0 Å². The molecule has 2 fully saturated rings. The third-order valence-electron chi connectivity index (χ3n) is 4.64. The van der Waals surface area contributed by atoms with E-state index in [4.69, 9.17) is 0 Å². The highest BCUT2D eigenvalue weighted by Gasteiger charge is 2.35. The summed E-state index contributed by atoms with van der Waals surface area (Å²) in [5, 5.41) is 2.90. The number of hydrogen-bond acceptors (Lipinski definition) is 3. The first-order valence-electron chi connectivity index (χ1n) is 8.53. The highest BCUT2D eigenvalue weighted by molar-refractivity contribution is 9.10. The Morgan fingerprint density at radius 3 is 2.29 bits per heavy atom. The van der Waals surface area contributed by atoms with Crippen LogP contribution in [0.5, 0.6) is 0 Å². The molecular weight excluding hydrogens is 392 g/mol. The Balaban J connectivity index is 1.83. The van der Waals surface area contributed by atoms with Gasteiger partial charge in [-0.25, -0.2) is 8.42 Å². The highest BCUT2D eigenvalue weighted by Crippen LogP contribution is 2.28. The number of hydrogen-bond donors (Lipinski definition) is 1. The molecule has 5 nitrogen and oxygen atoms in total. The van der Waals surface area contributed by atoms with Gasteiger partial charge in [0, 0.05) is 16.6 Å². The van der Waals surface area contributed by atoms with E-state index in [9.17, 15) is 13.2 Å². The van der Waals surface area contributed by atoms with Gasteiger partial charge in [-0.3, -0.25) is 4.79 Å². The molecule has 0 unspecified atom stereocenters. The van der Waals surface area contributed by atoms with Gasteiger partial charge in [-0.2, -0.15) is 4.31 Å². The molecule has 2 aliphatic rings. The second-order valence-corrected chi connectivity index (χ2v) is 9.44. The molecule has 3 rings (SSSR count). The zero-order valence-corrected chi connectivity index (χ0v) is 16.0. The molecule has 0 spiro atoms. The van der Waals surface area contributed by atoms with Crippen molar-refractivity contribution in [2.45, 2.75) is 61.9 Å². The minimum absolute atomic E-state index is 0.0838. The standard InChI is InChI=1S/C17H23BrN2O3S/c18-13-6-10-16(11-7-13)24(22,23)20(15-4-2-1-3-5-15)12-17(21)19-14-8-9-14/h6-7,10-11,14-15H,1-5,8-9,12H2,(H,19,21). The number of amides is 1. The zero-order valence-electron chi connectivity index (χ0n) is 13.6. The Hall–Kier alpha value is -0.920. The van der Waals surface area contributed by atoms with E-state index in [-0.39, 0.29) is 29.4 Å². The molecule has 1 amide bonds. The van der Waals surface area contributed by atoms with Crippen molar-refractivity contribution in [3.05, 3.63) is 28.7 Å². The quantitative estimate of drug-likeness (QED) is 0.777. The molecule has 0 radical (unpaired) electrons. The van der Waals surface area contributed by atoms with Gasteiger partial charge in [-0.05, 0) is 49.9 Å². The van der Waals surface area contributed by atoms with Crippen LogP contribution in [-0.2, 0) is 14.8 Å².